The monoisotopic (exact) mass is 254 g/mol. The van der Waals surface area contributed by atoms with Crippen LogP contribution >= 0.6 is 0 Å². The summed E-state index contributed by atoms with van der Waals surface area (Å²) in [5, 5.41) is 10.2. The third-order valence-electron chi connectivity index (χ3n) is 3.60. The molecule has 1 heteroatoms. The Morgan fingerprint density at radius 3 is 2.16 bits per heavy atom. The van der Waals surface area contributed by atoms with E-state index in [-0.39, 0.29) is 6.10 Å². The van der Waals surface area contributed by atoms with Crippen LogP contribution < -0.4 is 0 Å². The molecule has 2 rings (SSSR count). The fraction of sp³-hybridized carbons (Fsp3) is 0.333. The summed E-state index contributed by atoms with van der Waals surface area (Å²) in [6.45, 7) is 6.31. The van der Waals surface area contributed by atoms with Crippen molar-refractivity contribution in [2.24, 2.45) is 0 Å². The lowest BCUT2D eigenvalue weighted by atomic mass is 9.98. The highest BCUT2D eigenvalue weighted by Crippen LogP contribution is 2.14. The van der Waals surface area contributed by atoms with Crippen molar-refractivity contribution in [2.45, 2.75) is 39.7 Å². The minimum absolute atomic E-state index is 0.316. The fourth-order valence-corrected chi connectivity index (χ4v) is 2.39. The van der Waals surface area contributed by atoms with E-state index >= 15 is 0 Å². The van der Waals surface area contributed by atoms with Crippen molar-refractivity contribution in [1.29, 1.82) is 0 Å². The Bertz CT molecular complexity index is 557. The Balaban J connectivity index is 2.01. The van der Waals surface area contributed by atoms with Crippen LogP contribution in [0.5, 0.6) is 0 Å². The van der Waals surface area contributed by atoms with Gasteiger partial charge in [-0.05, 0) is 55.9 Å². The number of aliphatic hydroxyl groups excluding tert-OH is 1. The molecule has 0 aromatic heterocycles. The highest BCUT2D eigenvalue weighted by Gasteiger charge is 2.07. The maximum atomic E-state index is 10.2. The standard InChI is InChI=1S/C18H22O/c1-13-5-4-6-16(9-13)11-18(19)12-17-8-7-14(2)15(3)10-17/h4-10,18-19H,11-12H2,1-3H3. The van der Waals surface area contributed by atoms with E-state index in [0.29, 0.717) is 6.42 Å². The molecule has 0 bridgehead atoms. The van der Waals surface area contributed by atoms with E-state index in [1.54, 1.807) is 0 Å². The van der Waals surface area contributed by atoms with Gasteiger partial charge in [-0.25, -0.2) is 0 Å². The lowest BCUT2D eigenvalue weighted by Gasteiger charge is -2.12. The largest absolute Gasteiger partial charge is 0.392 e. The Morgan fingerprint density at radius 1 is 0.842 bits per heavy atom. The maximum absolute atomic E-state index is 10.2. The first-order valence-corrected chi connectivity index (χ1v) is 6.84. The molecule has 0 saturated heterocycles. The number of rotatable bonds is 4. The molecule has 0 aliphatic rings. The van der Waals surface area contributed by atoms with Gasteiger partial charge < -0.3 is 5.11 Å². The van der Waals surface area contributed by atoms with Crippen LogP contribution in [0.15, 0.2) is 42.5 Å². The van der Waals surface area contributed by atoms with Crippen molar-refractivity contribution in [3.63, 3.8) is 0 Å². The molecule has 19 heavy (non-hydrogen) atoms. The van der Waals surface area contributed by atoms with E-state index in [0.717, 1.165) is 6.42 Å². The molecular formula is C18H22O. The molecule has 0 fully saturated rings. The van der Waals surface area contributed by atoms with E-state index in [9.17, 15) is 5.11 Å². The Labute approximate surface area is 115 Å². The van der Waals surface area contributed by atoms with Crippen LogP contribution in [0.4, 0.5) is 0 Å². The molecule has 1 atom stereocenters. The molecule has 100 valence electrons. The summed E-state index contributed by atoms with van der Waals surface area (Å²) < 4.78 is 0. The van der Waals surface area contributed by atoms with Gasteiger partial charge in [0.1, 0.15) is 0 Å². The molecule has 0 radical (unpaired) electrons. The second kappa shape index (κ2) is 6.03. The van der Waals surface area contributed by atoms with E-state index < -0.39 is 0 Å². The van der Waals surface area contributed by atoms with Gasteiger partial charge in [-0.1, -0.05) is 48.0 Å². The molecule has 1 unspecified atom stereocenters. The Hall–Kier alpha value is -1.60. The predicted octanol–water partition coefficient (Wildman–Crippen LogP) is 3.76. The van der Waals surface area contributed by atoms with Gasteiger partial charge in [-0.2, -0.15) is 0 Å². The van der Waals surface area contributed by atoms with Crippen molar-refractivity contribution >= 4 is 0 Å². The summed E-state index contributed by atoms with van der Waals surface area (Å²) in [5.74, 6) is 0. The van der Waals surface area contributed by atoms with Crippen molar-refractivity contribution in [3.8, 4) is 0 Å². The number of aryl methyl sites for hydroxylation is 3. The second-order valence-corrected chi connectivity index (χ2v) is 5.47. The molecule has 0 saturated carbocycles. The zero-order chi connectivity index (χ0) is 13.8. The van der Waals surface area contributed by atoms with Gasteiger partial charge >= 0.3 is 0 Å². The smallest absolute Gasteiger partial charge is 0.0620 e. The predicted molar refractivity (Wildman–Crippen MR) is 80.5 cm³/mol. The number of hydrogen-bond donors (Lipinski definition) is 1. The van der Waals surface area contributed by atoms with Crippen LogP contribution in [0.2, 0.25) is 0 Å². The topological polar surface area (TPSA) is 20.2 Å². The van der Waals surface area contributed by atoms with Crippen LogP contribution in [-0.4, -0.2) is 11.2 Å². The molecule has 0 aliphatic heterocycles. The average Bonchev–Trinajstić information content (AvgIpc) is 2.34. The Kier molecular flexibility index (Phi) is 4.39. The summed E-state index contributed by atoms with van der Waals surface area (Å²) in [6.07, 6.45) is 1.12. The van der Waals surface area contributed by atoms with E-state index in [1.165, 1.54) is 27.8 Å². The molecule has 2 aromatic rings. The van der Waals surface area contributed by atoms with E-state index in [4.69, 9.17) is 0 Å². The van der Waals surface area contributed by atoms with Gasteiger partial charge in [0.15, 0.2) is 0 Å². The maximum Gasteiger partial charge on any atom is 0.0620 e. The van der Waals surface area contributed by atoms with Crippen LogP contribution in [-0.2, 0) is 12.8 Å². The lowest BCUT2D eigenvalue weighted by Crippen LogP contribution is -2.14. The summed E-state index contributed by atoms with van der Waals surface area (Å²) in [5.41, 5.74) is 6.26. The normalized spacial score (nSPS) is 12.4. The van der Waals surface area contributed by atoms with Gasteiger partial charge in [-0.15, -0.1) is 0 Å². The quantitative estimate of drug-likeness (QED) is 0.881. The molecular weight excluding hydrogens is 232 g/mol. The summed E-state index contributed by atoms with van der Waals surface area (Å²) in [6, 6.07) is 14.8. The number of aliphatic hydroxyl groups is 1. The molecule has 1 N–H and O–H groups in total. The highest BCUT2D eigenvalue weighted by molar-refractivity contribution is 5.30. The van der Waals surface area contributed by atoms with Gasteiger partial charge in [0.05, 0.1) is 6.10 Å². The summed E-state index contributed by atoms with van der Waals surface area (Å²) in [4.78, 5) is 0. The summed E-state index contributed by atoms with van der Waals surface area (Å²) >= 11 is 0. The average molecular weight is 254 g/mol. The molecule has 1 nitrogen and oxygen atoms in total. The number of benzene rings is 2. The second-order valence-electron chi connectivity index (χ2n) is 5.47. The first-order valence-electron chi connectivity index (χ1n) is 6.84. The molecule has 0 spiro atoms. The van der Waals surface area contributed by atoms with Crippen molar-refractivity contribution in [3.05, 3.63) is 70.3 Å². The van der Waals surface area contributed by atoms with Crippen molar-refractivity contribution < 1.29 is 5.11 Å². The third kappa shape index (κ3) is 3.93. The van der Waals surface area contributed by atoms with E-state index in [1.807, 2.05) is 6.07 Å². The van der Waals surface area contributed by atoms with Crippen LogP contribution in [0.1, 0.15) is 27.8 Å². The van der Waals surface area contributed by atoms with Gasteiger partial charge in [0, 0.05) is 0 Å². The minimum Gasteiger partial charge on any atom is -0.392 e. The Morgan fingerprint density at radius 2 is 1.53 bits per heavy atom. The third-order valence-corrected chi connectivity index (χ3v) is 3.60. The lowest BCUT2D eigenvalue weighted by molar-refractivity contribution is 0.175. The molecule has 2 aromatic carbocycles. The van der Waals surface area contributed by atoms with Gasteiger partial charge in [-0.3, -0.25) is 0 Å². The van der Waals surface area contributed by atoms with Crippen LogP contribution in [0.25, 0.3) is 0 Å². The fourth-order valence-electron chi connectivity index (χ4n) is 2.39. The van der Waals surface area contributed by atoms with Crippen LogP contribution in [0, 0.1) is 20.8 Å². The number of hydrogen-bond acceptors (Lipinski definition) is 1. The molecule has 0 amide bonds. The van der Waals surface area contributed by atoms with Crippen LogP contribution in [0.3, 0.4) is 0 Å². The zero-order valence-corrected chi connectivity index (χ0v) is 12.0. The minimum atomic E-state index is -0.316. The first kappa shape index (κ1) is 13.8. The van der Waals surface area contributed by atoms with Gasteiger partial charge in [0.2, 0.25) is 0 Å². The first-order chi connectivity index (χ1) is 9.04. The summed E-state index contributed by atoms with van der Waals surface area (Å²) in [7, 11) is 0. The zero-order valence-electron chi connectivity index (χ0n) is 12.0. The highest BCUT2D eigenvalue weighted by atomic mass is 16.3. The van der Waals surface area contributed by atoms with Gasteiger partial charge in [0.25, 0.3) is 0 Å². The van der Waals surface area contributed by atoms with Crippen molar-refractivity contribution in [1.82, 2.24) is 0 Å². The van der Waals surface area contributed by atoms with E-state index in [2.05, 4.69) is 57.2 Å². The molecule has 0 heterocycles. The van der Waals surface area contributed by atoms with Crippen molar-refractivity contribution in [2.75, 3.05) is 0 Å². The SMILES string of the molecule is Cc1cccc(CC(O)Cc2ccc(C)c(C)c2)c1. The molecule has 0 aliphatic carbocycles.